The first kappa shape index (κ1) is 17.7. The number of rotatable bonds is 6. The number of hydrogen-bond donors (Lipinski definition) is 0. The zero-order valence-corrected chi connectivity index (χ0v) is 14.8. The molecule has 0 radical (unpaired) electrons. The molecule has 3 aromatic heterocycles. The number of nitrogens with zero attached hydrogens (tertiary/aromatic N) is 2. The van der Waals surface area contributed by atoms with Crippen LogP contribution in [-0.2, 0) is 4.74 Å². The Labute approximate surface area is 158 Å². The highest BCUT2D eigenvalue weighted by atomic mass is 19.1. The molecule has 0 spiro atoms. The standard InChI is InChI=1S/C20H15FN2O5/c1-12-18-13(11-15(17-7-4-8-25-17)22-19(18)28-23-12)20(24)27-10-9-26-16-6-3-2-5-14(16)21/h2-8,11H,9-10H2,1H3. The Morgan fingerprint density at radius 1 is 1.18 bits per heavy atom. The van der Waals surface area contributed by atoms with Crippen LogP contribution < -0.4 is 4.74 Å². The fraction of sp³-hybridized carbons (Fsp3) is 0.150. The molecule has 0 amide bonds. The lowest BCUT2D eigenvalue weighted by atomic mass is 10.1. The zero-order valence-electron chi connectivity index (χ0n) is 14.8. The fourth-order valence-corrected chi connectivity index (χ4v) is 2.73. The van der Waals surface area contributed by atoms with Crippen LogP contribution in [0.3, 0.4) is 0 Å². The Kier molecular flexibility index (Phi) is 4.76. The molecular formula is C20H15FN2O5. The van der Waals surface area contributed by atoms with Gasteiger partial charge < -0.3 is 18.4 Å². The normalized spacial score (nSPS) is 10.9. The molecule has 4 aromatic rings. The number of aromatic nitrogens is 2. The molecule has 28 heavy (non-hydrogen) atoms. The van der Waals surface area contributed by atoms with Gasteiger partial charge in [0.05, 0.1) is 22.9 Å². The lowest BCUT2D eigenvalue weighted by molar-refractivity contribution is 0.0450. The number of benzene rings is 1. The van der Waals surface area contributed by atoms with Gasteiger partial charge in [-0.3, -0.25) is 0 Å². The lowest BCUT2D eigenvalue weighted by Crippen LogP contribution is -2.13. The Bertz CT molecular complexity index is 1120. The van der Waals surface area contributed by atoms with Gasteiger partial charge in [-0.2, -0.15) is 0 Å². The van der Waals surface area contributed by atoms with E-state index in [9.17, 15) is 9.18 Å². The lowest BCUT2D eigenvalue weighted by Gasteiger charge is -2.09. The number of pyridine rings is 1. The summed E-state index contributed by atoms with van der Waals surface area (Å²) in [5, 5.41) is 4.33. The Morgan fingerprint density at radius 2 is 2.04 bits per heavy atom. The van der Waals surface area contributed by atoms with E-state index < -0.39 is 11.8 Å². The summed E-state index contributed by atoms with van der Waals surface area (Å²) in [7, 11) is 0. The van der Waals surface area contributed by atoms with Gasteiger partial charge in [-0.15, -0.1) is 0 Å². The molecule has 7 nitrogen and oxygen atoms in total. The van der Waals surface area contributed by atoms with E-state index in [0.29, 0.717) is 22.5 Å². The van der Waals surface area contributed by atoms with Gasteiger partial charge in [-0.05, 0) is 37.3 Å². The second-order valence-corrected chi connectivity index (χ2v) is 5.90. The molecule has 0 saturated carbocycles. The first-order valence-corrected chi connectivity index (χ1v) is 8.49. The number of para-hydroxylation sites is 1. The Morgan fingerprint density at radius 3 is 2.82 bits per heavy atom. The van der Waals surface area contributed by atoms with Crippen LogP contribution in [-0.4, -0.2) is 29.3 Å². The SMILES string of the molecule is Cc1noc2nc(-c3ccco3)cc(C(=O)OCCOc3ccccc3F)c12. The topological polar surface area (TPSA) is 87.6 Å². The highest BCUT2D eigenvalue weighted by molar-refractivity contribution is 6.04. The van der Waals surface area contributed by atoms with Crippen molar-refractivity contribution in [2.24, 2.45) is 0 Å². The molecule has 1 aromatic carbocycles. The quantitative estimate of drug-likeness (QED) is 0.365. The van der Waals surface area contributed by atoms with Gasteiger partial charge in [-0.25, -0.2) is 14.2 Å². The van der Waals surface area contributed by atoms with Crippen molar-refractivity contribution in [2.75, 3.05) is 13.2 Å². The largest absolute Gasteiger partial charge is 0.487 e. The Balaban J connectivity index is 1.52. The van der Waals surface area contributed by atoms with Crippen LogP contribution >= 0.6 is 0 Å². The molecular weight excluding hydrogens is 367 g/mol. The monoisotopic (exact) mass is 382 g/mol. The minimum Gasteiger partial charge on any atom is -0.487 e. The summed E-state index contributed by atoms with van der Waals surface area (Å²) < 4.78 is 34.6. The third-order valence-electron chi connectivity index (χ3n) is 4.02. The van der Waals surface area contributed by atoms with Crippen LogP contribution in [0, 0.1) is 12.7 Å². The van der Waals surface area contributed by atoms with Crippen LogP contribution in [0.5, 0.6) is 5.75 Å². The second kappa shape index (κ2) is 7.51. The predicted octanol–water partition coefficient (Wildman–Crippen LogP) is 4.17. The highest BCUT2D eigenvalue weighted by Crippen LogP contribution is 2.27. The summed E-state index contributed by atoms with van der Waals surface area (Å²) in [5.41, 5.74) is 1.40. The summed E-state index contributed by atoms with van der Waals surface area (Å²) >= 11 is 0. The summed E-state index contributed by atoms with van der Waals surface area (Å²) in [6.45, 7) is 1.66. The van der Waals surface area contributed by atoms with Crippen molar-refractivity contribution in [2.45, 2.75) is 6.92 Å². The highest BCUT2D eigenvalue weighted by Gasteiger charge is 2.21. The average Bonchev–Trinajstić information content (AvgIpc) is 3.36. The van der Waals surface area contributed by atoms with Crippen LogP contribution in [0.2, 0.25) is 0 Å². The summed E-state index contributed by atoms with van der Waals surface area (Å²) in [6, 6.07) is 11.0. The summed E-state index contributed by atoms with van der Waals surface area (Å²) in [5.74, 6) is -0.496. The molecule has 0 atom stereocenters. The maximum absolute atomic E-state index is 13.5. The van der Waals surface area contributed by atoms with E-state index in [1.807, 2.05) is 0 Å². The van der Waals surface area contributed by atoms with Gasteiger partial charge in [0.15, 0.2) is 17.3 Å². The molecule has 0 aliphatic heterocycles. The smallest absolute Gasteiger partial charge is 0.339 e. The maximum atomic E-state index is 13.5. The van der Waals surface area contributed by atoms with Gasteiger partial charge in [0.1, 0.15) is 18.9 Å². The number of hydrogen-bond acceptors (Lipinski definition) is 7. The number of ether oxygens (including phenoxy) is 2. The van der Waals surface area contributed by atoms with Gasteiger partial charge in [0, 0.05) is 0 Å². The molecule has 8 heteroatoms. The molecule has 4 rings (SSSR count). The third-order valence-corrected chi connectivity index (χ3v) is 4.02. The third kappa shape index (κ3) is 3.44. The summed E-state index contributed by atoms with van der Waals surface area (Å²) in [4.78, 5) is 17.0. The molecule has 0 fully saturated rings. The molecule has 0 aliphatic rings. The van der Waals surface area contributed by atoms with Crippen LogP contribution in [0.15, 0.2) is 57.7 Å². The van der Waals surface area contributed by atoms with Gasteiger partial charge in [-0.1, -0.05) is 17.3 Å². The van der Waals surface area contributed by atoms with Gasteiger partial charge in [0.2, 0.25) is 0 Å². The van der Waals surface area contributed by atoms with E-state index in [4.69, 9.17) is 18.4 Å². The van der Waals surface area contributed by atoms with E-state index in [1.54, 1.807) is 37.3 Å². The number of carbonyl (C=O) groups excluding carboxylic acids is 1. The van der Waals surface area contributed by atoms with Crippen molar-refractivity contribution in [3.63, 3.8) is 0 Å². The molecule has 0 unspecified atom stereocenters. The number of furan rings is 1. The van der Waals surface area contributed by atoms with Crippen molar-refractivity contribution in [3.05, 3.63) is 65.8 Å². The average molecular weight is 382 g/mol. The second-order valence-electron chi connectivity index (χ2n) is 5.90. The minimum atomic E-state index is -0.594. The van der Waals surface area contributed by atoms with Crippen molar-refractivity contribution >= 4 is 17.1 Å². The molecule has 0 saturated heterocycles. The molecule has 0 N–H and O–H groups in total. The molecule has 0 bridgehead atoms. The number of carbonyl (C=O) groups is 1. The fourth-order valence-electron chi connectivity index (χ4n) is 2.73. The van der Waals surface area contributed by atoms with Crippen LogP contribution in [0.1, 0.15) is 16.1 Å². The van der Waals surface area contributed by atoms with E-state index in [-0.39, 0.29) is 30.2 Å². The number of halogens is 1. The van der Waals surface area contributed by atoms with E-state index >= 15 is 0 Å². The number of fused-ring (bicyclic) bond motifs is 1. The van der Waals surface area contributed by atoms with E-state index in [1.165, 1.54) is 18.4 Å². The minimum absolute atomic E-state index is 0.00849. The van der Waals surface area contributed by atoms with E-state index in [0.717, 1.165) is 0 Å². The maximum Gasteiger partial charge on any atom is 0.339 e. The van der Waals surface area contributed by atoms with Crippen LogP contribution in [0.4, 0.5) is 4.39 Å². The summed E-state index contributed by atoms with van der Waals surface area (Å²) in [6.07, 6.45) is 1.50. The van der Waals surface area contributed by atoms with Gasteiger partial charge in [0.25, 0.3) is 5.71 Å². The zero-order chi connectivity index (χ0) is 19.5. The van der Waals surface area contributed by atoms with E-state index in [2.05, 4.69) is 10.1 Å². The predicted molar refractivity (Wildman–Crippen MR) is 96.4 cm³/mol. The van der Waals surface area contributed by atoms with Gasteiger partial charge >= 0.3 is 5.97 Å². The molecule has 3 heterocycles. The molecule has 142 valence electrons. The van der Waals surface area contributed by atoms with Crippen LogP contribution in [0.25, 0.3) is 22.6 Å². The number of esters is 1. The first-order chi connectivity index (χ1) is 13.6. The molecule has 0 aliphatic carbocycles. The number of aryl methyl sites for hydroxylation is 1. The Hall–Kier alpha value is -3.68. The van der Waals surface area contributed by atoms with Crippen molar-refractivity contribution < 1.29 is 27.6 Å². The van der Waals surface area contributed by atoms with Crippen molar-refractivity contribution in [1.82, 2.24) is 10.1 Å². The first-order valence-electron chi connectivity index (χ1n) is 8.49. The van der Waals surface area contributed by atoms with Crippen molar-refractivity contribution in [3.8, 4) is 17.2 Å². The van der Waals surface area contributed by atoms with Crippen molar-refractivity contribution in [1.29, 1.82) is 0 Å².